The van der Waals surface area contributed by atoms with E-state index in [4.69, 9.17) is 9.84 Å². The summed E-state index contributed by atoms with van der Waals surface area (Å²) in [6, 6.07) is 6.93. The van der Waals surface area contributed by atoms with Crippen molar-refractivity contribution in [3.63, 3.8) is 0 Å². The number of ether oxygens (including phenoxy) is 1. The van der Waals surface area contributed by atoms with E-state index < -0.39 is 5.67 Å². The van der Waals surface area contributed by atoms with Crippen molar-refractivity contribution in [2.24, 2.45) is 0 Å². The number of halogens is 1. The van der Waals surface area contributed by atoms with Gasteiger partial charge in [-0.15, -0.1) is 0 Å². The standard InChI is InChI=1S/C11H15FO2/c1-11(2,12)9-5-3-4-6-10(9)14-8-7-13/h3-6,13H,7-8H2,1-2H3. The molecule has 0 aliphatic rings. The Morgan fingerprint density at radius 3 is 2.57 bits per heavy atom. The van der Waals surface area contributed by atoms with Crippen LogP contribution in [-0.2, 0) is 5.67 Å². The Morgan fingerprint density at radius 2 is 2.00 bits per heavy atom. The third kappa shape index (κ3) is 2.70. The summed E-state index contributed by atoms with van der Waals surface area (Å²) in [4.78, 5) is 0. The molecule has 1 aromatic carbocycles. The summed E-state index contributed by atoms with van der Waals surface area (Å²) in [5, 5.41) is 8.60. The van der Waals surface area contributed by atoms with E-state index in [1.54, 1.807) is 24.3 Å². The average Bonchev–Trinajstić information content (AvgIpc) is 2.14. The molecule has 1 N–H and O–H groups in total. The van der Waals surface area contributed by atoms with E-state index >= 15 is 0 Å². The molecule has 0 saturated carbocycles. The first-order chi connectivity index (χ1) is 6.55. The molecule has 0 aliphatic heterocycles. The summed E-state index contributed by atoms with van der Waals surface area (Å²) in [5.74, 6) is 0.494. The van der Waals surface area contributed by atoms with Crippen LogP contribution in [0.1, 0.15) is 19.4 Å². The van der Waals surface area contributed by atoms with Crippen LogP contribution in [0.3, 0.4) is 0 Å². The third-order valence-electron chi connectivity index (χ3n) is 1.88. The van der Waals surface area contributed by atoms with Gasteiger partial charge in [0.05, 0.1) is 6.61 Å². The molecule has 0 spiro atoms. The fraction of sp³-hybridized carbons (Fsp3) is 0.455. The van der Waals surface area contributed by atoms with Crippen molar-refractivity contribution >= 4 is 0 Å². The Bertz CT molecular complexity index is 292. The van der Waals surface area contributed by atoms with Gasteiger partial charge >= 0.3 is 0 Å². The highest BCUT2D eigenvalue weighted by Gasteiger charge is 2.22. The van der Waals surface area contributed by atoms with Crippen molar-refractivity contribution in [1.29, 1.82) is 0 Å². The average molecular weight is 198 g/mol. The van der Waals surface area contributed by atoms with Gasteiger partial charge in [0.1, 0.15) is 18.0 Å². The van der Waals surface area contributed by atoms with Crippen molar-refractivity contribution in [3.8, 4) is 5.75 Å². The van der Waals surface area contributed by atoms with Crippen LogP contribution >= 0.6 is 0 Å². The first-order valence-corrected chi connectivity index (χ1v) is 4.58. The number of alkyl halides is 1. The molecule has 0 saturated heterocycles. The maximum Gasteiger partial charge on any atom is 0.134 e. The smallest absolute Gasteiger partial charge is 0.134 e. The molecule has 0 heterocycles. The zero-order chi connectivity index (χ0) is 10.6. The number of aliphatic hydroxyl groups is 1. The number of para-hydroxylation sites is 1. The SMILES string of the molecule is CC(C)(F)c1ccccc1OCCO. The predicted octanol–water partition coefficient (Wildman–Crippen LogP) is 2.26. The van der Waals surface area contributed by atoms with E-state index in [1.807, 2.05) is 0 Å². The van der Waals surface area contributed by atoms with Crippen LogP contribution in [0, 0.1) is 0 Å². The zero-order valence-corrected chi connectivity index (χ0v) is 8.46. The van der Waals surface area contributed by atoms with Crippen LogP contribution in [0.4, 0.5) is 4.39 Å². The van der Waals surface area contributed by atoms with Crippen molar-refractivity contribution in [3.05, 3.63) is 29.8 Å². The predicted molar refractivity (Wildman–Crippen MR) is 53.2 cm³/mol. The summed E-state index contributed by atoms with van der Waals surface area (Å²) >= 11 is 0. The van der Waals surface area contributed by atoms with Gasteiger partial charge in [0, 0.05) is 5.56 Å². The van der Waals surface area contributed by atoms with Gasteiger partial charge in [0.15, 0.2) is 0 Å². The lowest BCUT2D eigenvalue weighted by Gasteiger charge is -2.18. The summed E-state index contributed by atoms with van der Waals surface area (Å²) in [6.45, 7) is 3.08. The molecule has 0 aromatic heterocycles. The Labute approximate surface area is 83.3 Å². The van der Waals surface area contributed by atoms with Crippen molar-refractivity contribution in [2.75, 3.05) is 13.2 Å². The van der Waals surface area contributed by atoms with Gasteiger partial charge in [0.25, 0.3) is 0 Å². The molecule has 0 bridgehead atoms. The molecule has 0 atom stereocenters. The van der Waals surface area contributed by atoms with Crippen molar-refractivity contribution in [1.82, 2.24) is 0 Å². The molecule has 0 unspecified atom stereocenters. The van der Waals surface area contributed by atoms with E-state index in [-0.39, 0.29) is 13.2 Å². The fourth-order valence-corrected chi connectivity index (χ4v) is 1.24. The van der Waals surface area contributed by atoms with Crippen LogP contribution in [0.5, 0.6) is 5.75 Å². The Balaban J connectivity index is 2.92. The largest absolute Gasteiger partial charge is 0.491 e. The monoisotopic (exact) mass is 198 g/mol. The highest BCUT2D eigenvalue weighted by molar-refractivity contribution is 5.37. The van der Waals surface area contributed by atoms with E-state index in [1.165, 1.54) is 13.8 Å². The summed E-state index contributed by atoms with van der Waals surface area (Å²) in [7, 11) is 0. The van der Waals surface area contributed by atoms with Gasteiger partial charge in [-0.3, -0.25) is 0 Å². The zero-order valence-electron chi connectivity index (χ0n) is 8.46. The highest BCUT2D eigenvalue weighted by Crippen LogP contribution is 2.32. The van der Waals surface area contributed by atoms with Gasteiger partial charge in [-0.1, -0.05) is 18.2 Å². The van der Waals surface area contributed by atoms with Gasteiger partial charge in [0.2, 0.25) is 0 Å². The molecule has 0 radical (unpaired) electrons. The minimum absolute atomic E-state index is 0.0684. The lowest BCUT2D eigenvalue weighted by atomic mass is 9.99. The normalized spacial score (nSPS) is 11.4. The lowest BCUT2D eigenvalue weighted by molar-refractivity contribution is 0.182. The molecule has 0 amide bonds. The minimum atomic E-state index is -1.42. The molecule has 1 aromatic rings. The second-order valence-corrected chi connectivity index (χ2v) is 3.54. The molecular weight excluding hydrogens is 183 g/mol. The first-order valence-electron chi connectivity index (χ1n) is 4.58. The second-order valence-electron chi connectivity index (χ2n) is 3.54. The summed E-state index contributed by atoms with van der Waals surface area (Å²) < 4.78 is 18.9. The highest BCUT2D eigenvalue weighted by atomic mass is 19.1. The number of hydrogen-bond donors (Lipinski definition) is 1. The van der Waals surface area contributed by atoms with Crippen molar-refractivity contribution < 1.29 is 14.2 Å². The molecule has 3 heteroatoms. The van der Waals surface area contributed by atoms with E-state index in [0.29, 0.717) is 11.3 Å². The summed E-state index contributed by atoms with van der Waals surface area (Å²) in [5.41, 5.74) is -0.917. The molecule has 78 valence electrons. The van der Waals surface area contributed by atoms with Crippen LogP contribution in [0.2, 0.25) is 0 Å². The first kappa shape index (κ1) is 11.0. The van der Waals surface area contributed by atoms with Gasteiger partial charge in [-0.25, -0.2) is 4.39 Å². The minimum Gasteiger partial charge on any atom is -0.491 e. The van der Waals surface area contributed by atoms with E-state index in [2.05, 4.69) is 0 Å². The van der Waals surface area contributed by atoms with Gasteiger partial charge < -0.3 is 9.84 Å². The molecule has 2 nitrogen and oxygen atoms in total. The summed E-state index contributed by atoms with van der Waals surface area (Å²) in [6.07, 6.45) is 0. The Hall–Kier alpha value is -1.09. The maximum atomic E-state index is 13.7. The third-order valence-corrected chi connectivity index (χ3v) is 1.88. The topological polar surface area (TPSA) is 29.5 Å². The lowest BCUT2D eigenvalue weighted by Crippen LogP contribution is -2.12. The maximum absolute atomic E-state index is 13.7. The molecule has 0 aliphatic carbocycles. The Morgan fingerprint density at radius 1 is 1.36 bits per heavy atom. The second kappa shape index (κ2) is 4.42. The fourth-order valence-electron chi connectivity index (χ4n) is 1.24. The number of aliphatic hydroxyl groups excluding tert-OH is 1. The van der Waals surface area contributed by atoms with Crippen LogP contribution in [-0.4, -0.2) is 18.3 Å². The molecule has 0 fully saturated rings. The number of rotatable bonds is 4. The quantitative estimate of drug-likeness (QED) is 0.804. The molecule has 1 rings (SSSR count). The van der Waals surface area contributed by atoms with E-state index in [9.17, 15) is 4.39 Å². The number of hydrogen-bond acceptors (Lipinski definition) is 2. The number of benzene rings is 1. The van der Waals surface area contributed by atoms with Crippen LogP contribution in [0.15, 0.2) is 24.3 Å². The van der Waals surface area contributed by atoms with Crippen molar-refractivity contribution in [2.45, 2.75) is 19.5 Å². The van der Waals surface area contributed by atoms with Crippen LogP contribution < -0.4 is 4.74 Å². The van der Waals surface area contributed by atoms with Crippen LogP contribution in [0.25, 0.3) is 0 Å². The molecular formula is C11H15FO2. The van der Waals surface area contributed by atoms with Gasteiger partial charge in [-0.05, 0) is 19.9 Å². The van der Waals surface area contributed by atoms with Gasteiger partial charge in [-0.2, -0.15) is 0 Å². The van der Waals surface area contributed by atoms with E-state index in [0.717, 1.165) is 0 Å². The molecule has 14 heavy (non-hydrogen) atoms. The Kier molecular flexibility index (Phi) is 3.47.